The molecule has 5 heteroatoms. The Morgan fingerprint density at radius 3 is 2.65 bits per heavy atom. The zero-order valence-electron chi connectivity index (χ0n) is 13.4. The molecule has 122 valence electrons. The van der Waals surface area contributed by atoms with E-state index in [1.807, 2.05) is 55.5 Å². The molecule has 0 saturated heterocycles. The van der Waals surface area contributed by atoms with Gasteiger partial charge in [-0.05, 0) is 42.3 Å². The molecule has 0 fully saturated rings. The smallest absolute Gasteiger partial charge is 0.317 e. The van der Waals surface area contributed by atoms with Gasteiger partial charge in [-0.2, -0.15) is 0 Å². The zero-order valence-corrected chi connectivity index (χ0v) is 14.1. The minimum atomic E-state index is -0.132. The predicted molar refractivity (Wildman–Crippen MR) is 93.0 cm³/mol. The molecule has 2 amide bonds. The highest BCUT2D eigenvalue weighted by molar-refractivity contribution is 6.30. The fourth-order valence-corrected chi connectivity index (χ4v) is 2.23. The molecule has 0 saturated carbocycles. The lowest BCUT2D eigenvalue weighted by Gasteiger charge is -2.18. The normalized spacial score (nSPS) is 10.2. The summed E-state index contributed by atoms with van der Waals surface area (Å²) >= 11 is 5.85. The van der Waals surface area contributed by atoms with Crippen LogP contribution in [0.25, 0.3) is 0 Å². The largest absolute Gasteiger partial charge is 0.492 e. The van der Waals surface area contributed by atoms with Crippen LogP contribution in [-0.4, -0.2) is 31.1 Å². The molecule has 0 atom stereocenters. The van der Waals surface area contributed by atoms with Crippen molar-refractivity contribution in [3.63, 3.8) is 0 Å². The second-order valence-corrected chi connectivity index (χ2v) is 5.82. The van der Waals surface area contributed by atoms with Crippen LogP contribution in [0.5, 0.6) is 5.75 Å². The van der Waals surface area contributed by atoms with Crippen LogP contribution in [-0.2, 0) is 6.54 Å². The van der Waals surface area contributed by atoms with E-state index in [0.717, 1.165) is 16.9 Å². The number of ether oxygens (including phenoxy) is 1. The number of aryl methyl sites for hydroxylation is 1. The van der Waals surface area contributed by atoms with Crippen LogP contribution < -0.4 is 10.1 Å². The Hall–Kier alpha value is -2.20. The molecule has 0 unspecified atom stereocenters. The third-order valence-corrected chi connectivity index (χ3v) is 3.57. The van der Waals surface area contributed by atoms with Crippen molar-refractivity contribution in [2.24, 2.45) is 0 Å². The Balaban J connectivity index is 1.70. The van der Waals surface area contributed by atoms with E-state index >= 15 is 0 Å². The summed E-state index contributed by atoms with van der Waals surface area (Å²) < 4.78 is 5.60. The van der Waals surface area contributed by atoms with Gasteiger partial charge < -0.3 is 15.0 Å². The number of hydrogen-bond acceptors (Lipinski definition) is 2. The molecule has 0 bridgehead atoms. The van der Waals surface area contributed by atoms with Crippen LogP contribution >= 0.6 is 11.6 Å². The third kappa shape index (κ3) is 5.83. The second kappa shape index (κ2) is 8.44. The molecule has 2 aromatic rings. The minimum absolute atomic E-state index is 0.132. The number of rotatable bonds is 6. The van der Waals surface area contributed by atoms with Gasteiger partial charge >= 0.3 is 6.03 Å². The van der Waals surface area contributed by atoms with E-state index in [1.54, 1.807) is 11.9 Å². The molecule has 0 spiro atoms. The van der Waals surface area contributed by atoms with Crippen molar-refractivity contribution < 1.29 is 9.53 Å². The van der Waals surface area contributed by atoms with E-state index in [-0.39, 0.29) is 6.03 Å². The predicted octanol–water partition coefficient (Wildman–Crippen LogP) is 3.87. The molecule has 2 rings (SSSR count). The maximum absolute atomic E-state index is 12.0. The van der Waals surface area contributed by atoms with Gasteiger partial charge in [0.05, 0.1) is 6.54 Å². The lowest BCUT2D eigenvalue weighted by atomic mass is 10.2. The summed E-state index contributed by atoms with van der Waals surface area (Å²) in [4.78, 5) is 13.6. The molecule has 0 aromatic heterocycles. The summed E-state index contributed by atoms with van der Waals surface area (Å²) in [7, 11) is 1.76. The number of nitrogens with one attached hydrogen (secondary N) is 1. The average Bonchev–Trinajstić information content (AvgIpc) is 2.53. The van der Waals surface area contributed by atoms with Gasteiger partial charge in [0.25, 0.3) is 0 Å². The van der Waals surface area contributed by atoms with Crippen LogP contribution in [0, 0.1) is 6.92 Å². The summed E-state index contributed by atoms with van der Waals surface area (Å²) in [6.45, 7) is 3.43. The highest BCUT2D eigenvalue weighted by atomic mass is 35.5. The first-order valence-electron chi connectivity index (χ1n) is 7.47. The lowest BCUT2D eigenvalue weighted by Crippen LogP contribution is -2.38. The third-order valence-electron chi connectivity index (χ3n) is 3.32. The molecule has 4 nitrogen and oxygen atoms in total. The number of halogens is 1. The maximum Gasteiger partial charge on any atom is 0.317 e. The molecule has 1 N–H and O–H groups in total. The molecular formula is C18H21ClN2O2. The molecular weight excluding hydrogens is 312 g/mol. The highest BCUT2D eigenvalue weighted by Crippen LogP contribution is 2.12. The van der Waals surface area contributed by atoms with Crippen molar-refractivity contribution in [3.8, 4) is 5.75 Å². The fraction of sp³-hybridized carbons (Fsp3) is 0.278. The van der Waals surface area contributed by atoms with Gasteiger partial charge in [-0.1, -0.05) is 35.9 Å². The van der Waals surface area contributed by atoms with Crippen molar-refractivity contribution in [1.82, 2.24) is 10.2 Å². The van der Waals surface area contributed by atoms with E-state index in [0.29, 0.717) is 24.7 Å². The van der Waals surface area contributed by atoms with Gasteiger partial charge in [0.2, 0.25) is 0 Å². The summed E-state index contributed by atoms with van der Waals surface area (Å²) in [5, 5.41) is 3.52. The van der Waals surface area contributed by atoms with E-state index < -0.39 is 0 Å². The number of urea groups is 1. The Kier molecular flexibility index (Phi) is 6.29. The Morgan fingerprint density at radius 2 is 1.96 bits per heavy atom. The Labute approximate surface area is 142 Å². The molecule has 0 radical (unpaired) electrons. The number of carbonyl (C=O) groups is 1. The van der Waals surface area contributed by atoms with Crippen molar-refractivity contribution in [2.75, 3.05) is 20.2 Å². The van der Waals surface area contributed by atoms with Gasteiger partial charge in [0.1, 0.15) is 12.4 Å². The van der Waals surface area contributed by atoms with Gasteiger partial charge in [0, 0.05) is 18.6 Å². The molecule has 2 aromatic carbocycles. The van der Waals surface area contributed by atoms with Gasteiger partial charge in [0.15, 0.2) is 0 Å². The summed E-state index contributed by atoms with van der Waals surface area (Å²) in [5.74, 6) is 0.814. The van der Waals surface area contributed by atoms with Crippen molar-refractivity contribution in [1.29, 1.82) is 0 Å². The molecule has 0 aliphatic heterocycles. The van der Waals surface area contributed by atoms with Crippen molar-refractivity contribution in [2.45, 2.75) is 13.5 Å². The average molecular weight is 333 g/mol. The monoisotopic (exact) mass is 332 g/mol. The number of hydrogen-bond donors (Lipinski definition) is 1. The number of benzene rings is 2. The van der Waals surface area contributed by atoms with Crippen LogP contribution in [0.15, 0.2) is 48.5 Å². The molecule has 0 aliphatic carbocycles. The van der Waals surface area contributed by atoms with Crippen LogP contribution in [0.4, 0.5) is 4.79 Å². The summed E-state index contributed by atoms with van der Waals surface area (Å²) in [5.41, 5.74) is 2.18. The lowest BCUT2D eigenvalue weighted by molar-refractivity contribution is 0.203. The number of nitrogens with zero attached hydrogens (tertiary/aromatic N) is 1. The molecule has 0 aliphatic rings. The first-order chi connectivity index (χ1) is 11.0. The first kappa shape index (κ1) is 17.2. The Morgan fingerprint density at radius 1 is 1.22 bits per heavy atom. The standard InChI is InChI=1S/C18H21ClN2O2/c1-14-4-3-5-17(12-14)23-11-10-20-18(22)21(2)13-15-6-8-16(19)9-7-15/h3-9,12H,10-11,13H2,1-2H3,(H,20,22). The van der Waals surface area contributed by atoms with E-state index in [2.05, 4.69) is 5.32 Å². The van der Waals surface area contributed by atoms with E-state index in [4.69, 9.17) is 16.3 Å². The molecule has 23 heavy (non-hydrogen) atoms. The van der Waals surface area contributed by atoms with Crippen LogP contribution in [0.1, 0.15) is 11.1 Å². The second-order valence-electron chi connectivity index (χ2n) is 5.38. The zero-order chi connectivity index (χ0) is 16.7. The van der Waals surface area contributed by atoms with Crippen molar-refractivity contribution in [3.05, 3.63) is 64.7 Å². The Bertz CT molecular complexity index is 644. The summed E-state index contributed by atoms with van der Waals surface area (Å²) in [6, 6.07) is 15.2. The quantitative estimate of drug-likeness (QED) is 0.816. The maximum atomic E-state index is 12.0. The van der Waals surface area contributed by atoms with Crippen molar-refractivity contribution >= 4 is 17.6 Å². The van der Waals surface area contributed by atoms with E-state index in [1.165, 1.54) is 0 Å². The number of amides is 2. The topological polar surface area (TPSA) is 41.6 Å². The minimum Gasteiger partial charge on any atom is -0.492 e. The summed E-state index contributed by atoms with van der Waals surface area (Å²) in [6.07, 6.45) is 0. The highest BCUT2D eigenvalue weighted by Gasteiger charge is 2.08. The van der Waals surface area contributed by atoms with Gasteiger partial charge in [-0.3, -0.25) is 0 Å². The van der Waals surface area contributed by atoms with Gasteiger partial charge in [-0.25, -0.2) is 4.79 Å². The fourth-order valence-electron chi connectivity index (χ4n) is 2.10. The molecule has 0 heterocycles. The number of carbonyl (C=O) groups excluding carboxylic acids is 1. The van der Waals surface area contributed by atoms with Crippen LogP contribution in [0.3, 0.4) is 0 Å². The SMILES string of the molecule is Cc1cccc(OCCNC(=O)N(C)Cc2ccc(Cl)cc2)c1. The van der Waals surface area contributed by atoms with Gasteiger partial charge in [-0.15, -0.1) is 0 Å². The first-order valence-corrected chi connectivity index (χ1v) is 7.85. The van der Waals surface area contributed by atoms with E-state index in [9.17, 15) is 4.79 Å². The van der Waals surface area contributed by atoms with Crippen LogP contribution in [0.2, 0.25) is 5.02 Å².